The molecule has 1 heterocycles. The average molecular weight is 533 g/mol. The molecule has 1 unspecified atom stereocenters. The van der Waals surface area contributed by atoms with Crippen LogP contribution < -0.4 is 9.47 Å². The molecule has 0 aromatic heterocycles. The fraction of sp³-hybridized carbons (Fsp3) is 0.581. The van der Waals surface area contributed by atoms with Crippen LogP contribution in [0.15, 0.2) is 30.3 Å². The molecule has 0 aliphatic carbocycles. The van der Waals surface area contributed by atoms with E-state index >= 15 is 0 Å². The lowest BCUT2D eigenvalue weighted by molar-refractivity contribution is -0.549. The first-order valence-corrected chi connectivity index (χ1v) is 14.3. The SMILES string of the molecule is CCCCCCCCCCCC1=[N+](Cc2ccc(Cl)cc2F)CC(CCO)c2cc(OC)c(OC)cc21. The van der Waals surface area contributed by atoms with Crippen molar-refractivity contribution in [3.8, 4) is 11.5 Å². The zero-order chi connectivity index (χ0) is 26.6. The number of methoxy groups -OCH3 is 2. The van der Waals surface area contributed by atoms with Crippen molar-refractivity contribution in [1.82, 2.24) is 0 Å². The molecule has 204 valence electrons. The molecule has 0 saturated carbocycles. The number of rotatable bonds is 16. The van der Waals surface area contributed by atoms with E-state index in [2.05, 4.69) is 23.6 Å². The quantitative estimate of drug-likeness (QED) is 0.176. The number of ether oxygens (including phenoxy) is 2. The molecule has 0 amide bonds. The number of hydrogen-bond acceptors (Lipinski definition) is 3. The highest BCUT2D eigenvalue weighted by molar-refractivity contribution is 6.30. The Morgan fingerprint density at radius 1 is 0.946 bits per heavy atom. The van der Waals surface area contributed by atoms with E-state index in [0.29, 0.717) is 35.1 Å². The van der Waals surface area contributed by atoms with Crippen molar-refractivity contribution in [3.05, 3.63) is 57.9 Å². The topological polar surface area (TPSA) is 41.7 Å². The Balaban J connectivity index is 1.87. The third-order valence-corrected chi connectivity index (χ3v) is 7.74. The van der Waals surface area contributed by atoms with Crippen LogP contribution in [-0.4, -0.2) is 42.8 Å². The molecule has 0 bridgehead atoms. The number of benzene rings is 2. The lowest BCUT2D eigenvalue weighted by Crippen LogP contribution is -2.33. The minimum absolute atomic E-state index is 0.0924. The van der Waals surface area contributed by atoms with Crippen LogP contribution in [0.4, 0.5) is 4.39 Å². The predicted molar refractivity (Wildman–Crippen MR) is 150 cm³/mol. The van der Waals surface area contributed by atoms with Crippen molar-refractivity contribution in [1.29, 1.82) is 0 Å². The van der Waals surface area contributed by atoms with Crippen molar-refractivity contribution < 1.29 is 23.5 Å². The first-order chi connectivity index (χ1) is 18.0. The average Bonchev–Trinajstić information content (AvgIpc) is 2.89. The highest BCUT2D eigenvalue weighted by Gasteiger charge is 2.34. The van der Waals surface area contributed by atoms with E-state index in [0.717, 1.165) is 24.9 Å². The molecule has 0 saturated heterocycles. The molecule has 6 heteroatoms. The van der Waals surface area contributed by atoms with Gasteiger partial charge in [-0.1, -0.05) is 69.9 Å². The number of halogens is 2. The van der Waals surface area contributed by atoms with Crippen LogP contribution >= 0.6 is 11.6 Å². The zero-order valence-electron chi connectivity index (χ0n) is 22.8. The molecule has 4 nitrogen and oxygen atoms in total. The van der Waals surface area contributed by atoms with Gasteiger partial charge in [-0.05, 0) is 48.7 Å². The van der Waals surface area contributed by atoms with Gasteiger partial charge in [-0.15, -0.1) is 0 Å². The summed E-state index contributed by atoms with van der Waals surface area (Å²) in [6.45, 7) is 3.53. The summed E-state index contributed by atoms with van der Waals surface area (Å²) in [6.07, 6.45) is 13.0. The van der Waals surface area contributed by atoms with Crippen molar-refractivity contribution in [2.75, 3.05) is 27.4 Å². The van der Waals surface area contributed by atoms with Gasteiger partial charge in [0, 0.05) is 29.5 Å². The van der Waals surface area contributed by atoms with Gasteiger partial charge in [-0.3, -0.25) is 0 Å². The normalized spacial score (nSPS) is 15.1. The van der Waals surface area contributed by atoms with Crippen molar-refractivity contribution >= 4 is 17.3 Å². The second-order valence-electron chi connectivity index (χ2n) is 10.1. The Morgan fingerprint density at radius 3 is 2.22 bits per heavy atom. The zero-order valence-corrected chi connectivity index (χ0v) is 23.6. The van der Waals surface area contributed by atoms with Crippen LogP contribution in [0.2, 0.25) is 5.02 Å². The number of aliphatic hydroxyl groups is 1. The Morgan fingerprint density at radius 2 is 1.59 bits per heavy atom. The molecule has 1 N–H and O–H groups in total. The summed E-state index contributed by atoms with van der Waals surface area (Å²) in [6, 6.07) is 9.03. The molecule has 1 aliphatic rings. The Hall–Kier alpha value is -2.11. The van der Waals surface area contributed by atoms with E-state index in [-0.39, 0.29) is 18.3 Å². The maximum Gasteiger partial charge on any atom is 0.184 e. The van der Waals surface area contributed by atoms with Crippen LogP contribution in [0.1, 0.15) is 100 Å². The minimum Gasteiger partial charge on any atom is -0.493 e. The maximum absolute atomic E-state index is 14.8. The monoisotopic (exact) mass is 532 g/mol. The fourth-order valence-electron chi connectivity index (χ4n) is 5.44. The van der Waals surface area contributed by atoms with Gasteiger partial charge >= 0.3 is 0 Å². The lowest BCUT2D eigenvalue weighted by atomic mass is 9.84. The number of aliphatic hydroxyl groups excluding tert-OH is 1. The van der Waals surface area contributed by atoms with Crippen molar-refractivity contribution in [2.45, 2.75) is 90.0 Å². The van der Waals surface area contributed by atoms with E-state index in [1.54, 1.807) is 26.4 Å². The summed E-state index contributed by atoms with van der Waals surface area (Å²) in [5.41, 5.74) is 4.13. The van der Waals surface area contributed by atoms with Gasteiger partial charge in [-0.2, -0.15) is 0 Å². The summed E-state index contributed by atoms with van der Waals surface area (Å²) in [5, 5.41) is 10.2. The Labute approximate surface area is 227 Å². The third kappa shape index (κ3) is 8.19. The van der Waals surface area contributed by atoms with Crippen LogP contribution in [0.3, 0.4) is 0 Å². The number of unbranched alkanes of at least 4 members (excludes halogenated alkanes) is 8. The van der Waals surface area contributed by atoms with Gasteiger partial charge in [0.1, 0.15) is 12.4 Å². The molecule has 37 heavy (non-hydrogen) atoms. The van der Waals surface area contributed by atoms with E-state index in [9.17, 15) is 9.50 Å². The third-order valence-electron chi connectivity index (χ3n) is 7.50. The summed E-state index contributed by atoms with van der Waals surface area (Å²) >= 11 is 6.01. The molecule has 1 aliphatic heterocycles. The highest BCUT2D eigenvalue weighted by Crippen LogP contribution is 2.38. The maximum atomic E-state index is 14.8. The molecular formula is C31H44ClFNO3+. The molecule has 0 spiro atoms. The smallest absolute Gasteiger partial charge is 0.184 e. The molecular weight excluding hydrogens is 489 g/mol. The summed E-state index contributed by atoms with van der Waals surface area (Å²) in [7, 11) is 3.30. The van der Waals surface area contributed by atoms with E-state index < -0.39 is 0 Å². The van der Waals surface area contributed by atoms with Gasteiger partial charge in [0.05, 0.1) is 19.8 Å². The van der Waals surface area contributed by atoms with E-state index in [4.69, 9.17) is 21.1 Å². The lowest BCUT2D eigenvalue weighted by Gasteiger charge is -2.27. The number of nitrogens with zero attached hydrogens (tertiary/aromatic N) is 1. The molecule has 1 atom stereocenters. The predicted octanol–water partition coefficient (Wildman–Crippen LogP) is 7.90. The van der Waals surface area contributed by atoms with Crippen LogP contribution in [0.5, 0.6) is 11.5 Å². The van der Waals surface area contributed by atoms with Crippen molar-refractivity contribution in [3.63, 3.8) is 0 Å². The summed E-state index contributed by atoms with van der Waals surface area (Å²) in [5.74, 6) is 1.21. The number of fused-ring (bicyclic) bond motifs is 1. The van der Waals surface area contributed by atoms with Gasteiger partial charge in [0.25, 0.3) is 0 Å². The van der Waals surface area contributed by atoms with Crippen LogP contribution in [-0.2, 0) is 6.54 Å². The number of hydrogen-bond donors (Lipinski definition) is 1. The van der Waals surface area contributed by atoms with Gasteiger partial charge in [-0.25, -0.2) is 8.97 Å². The standard InChI is InChI=1S/C31H44ClFNO3/c1-4-5-6-7-8-9-10-11-12-13-29-27-20-31(37-3)30(36-2)19-26(27)23(16-17-35)21-34(29)22-24-14-15-25(32)18-28(24)33/h14-15,18-20,23,35H,4-13,16-17,21-22H2,1-3H3/q+1. The molecule has 3 rings (SSSR count). The molecule has 0 fully saturated rings. The van der Waals surface area contributed by atoms with Crippen molar-refractivity contribution in [2.24, 2.45) is 0 Å². The Kier molecular flexibility index (Phi) is 12.2. The fourth-order valence-corrected chi connectivity index (χ4v) is 5.60. The second kappa shape index (κ2) is 15.3. The van der Waals surface area contributed by atoms with Gasteiger partial charge in [0.2, 0.25) is 0 Å². The van der Waals surface area contributed by atoms with E-state index in [1.165, 1.54) is 68.7 Å². The minimum atomic E-state index is -0.285. The largest absolute Gasteiger partial charge is 0.493 e. The van der Waals surface area contributed by atoms with Crippen LogP contribution in [0, 0.1) is 5.82 Å². The first-order valence-electron chi connectivity index (χ1n) is 13.9. The van der Waals surface area contributed by atoms with Gasteiger partial charge < -0.3 is 14.6 Å². The summed E-state index contributed by atoms with van der Waals surface area (Å²) in [4.78, 5) is 0. The van der Waals surface area contributed by atoms with Crippen LogP contribution in [0.25, 0.3) is 0 Å². The second-order valence-corrected chi connectivity index (χ2v) is 10.6. The highest BCUT2D eigenvalue weighted by atomic mass is 35.5. The Bertz CT molecular complexity index is 1040. The molecule has 0 radical (unpaired) electrons. The molecule has 2 aromatic rings. The van der Waals surface area contributed by atoms with E-state index in [1.807, 2.05) is 0 Å². The molecule has 2 aromatic carbocycles. The summed E-state index contributed by atoms with van der Waals surface area (Å²) < 4.78 is 28.3. The van der Waals surface area contributed by atoms with Gasteiger partial charge in [0.15, 0.2) is 23.8 Å². The first kappa shape index (κ1) is 29.4.